The maximum Gasteiger partial charge on any atom is 0.490 e. The van der Waals surface area contributed by atoms with Crippen LogP contribution in [-0.4, -0.2) is 53.7 Å². The summed E-state index contributed by atoms with van der Waals surface area (Å²) in [4.78, 5) is 19.6. The van der Waals surface area contributed by atoms with E-state index >= 15 is 0 Å². The van der Waals surface area contributed by atoms with Gasteiger partial charge in [0.2, 0.25) is 0 Å². The summed E-state index contributed by atoms with van der Waals surface area (Å²) in [5.41, 5.74) is -0.744. The van der Waals surface area contributed by atoms with Crippen molar-refractivity contribution in [3.05, 3.63) is 29.6 Å². The van der Waals surface area contributed by atoms with E-state index in [1.54, 1.807) is 6.07 Å². The van der Waals surface area contributed by atoms with E-state index in [-0.39, 0.29) is 17.9 Å². The van der Waals surface area contributed by atoms with Gasteiger partial charge in [0.05, 0.1) is 5.56 Å². The third-order valence-corrected chi connectivity index (χ3v) is 3.12. The molecule has 1 amide bonds. The second-order valence-electron chi connectivity index (χ2n) is 5.16. The number of hydrogen-bond acceptors (Lipinski definition) is 5. The number of benzene rings is 1. The molecule has 0 bridgehead atoms. The van der Waals surface area contributed by atoms with Crippen LogP contribution in [0.4, 0.5) is 22.4 Å². The Morgan fingerprint density at radius 3 is 2.27 bits per heavy atom. The molecule has 4 N–H and O–H groups in total. The van der Waals surface area contributed by atoms with Crippen LogP contribution >= 0.6 is 0 Å². The topological polar surface area (TPSA) is 132 Å². The SMILES string of the molecule is N#Cc1ccc(OCC2(NC(=O)O)CNC2)cc1F.O=C(O)C(F)(F)F. The quantitative estimate of drug-likeness (QED) is 0.580. The zero-order chi connectivity index (χ0) is 20.0. The van der Waals surface area contributed by atoms with Crippen LogP contribution in [0.25, 0.3) is 0 Å². The number of carboxylic acid groups (broad SMARTS) is 2. The molecule has 0 spiro atoms. The lowest BCUT2D eigenvalue weighted by Gasteiger charge is -2.41. The zero-order valence-corrected chi connectivity index (χ0v) is 12.9. The minimum atomic E-state index is -5.08. The first kappa shape index (κ1) is 21.0. The average Bonchev–Trinajstić information content (AvgIpc) is 2.49. The van der Waals surface area contributed by atoms with Gasteiger partial charge in [-0.05, 0) is 12.1 Å². The van der Waals surface area contributed by atoms with E-state index in [2.05, 4.69) is 10.6 Å². The highest BCUT2D eigenvalue weighted by atomic mass is 19.4. The maximum atomic E-state index is 13.4. The molecule has 0 aromatic heterocycles. The number of alkyl halides is 3. The van der Waals surface area contributed by atoms with Crippen molar-refractivity contribution in [1.29, 1.82) is 5.26 Å². The molecule has 0 atom stereocenters. The van der Waals surface area contributed by atoms with Crippen LogP contribution in [0.5, 0.6) is 5.75 Å². The van der Waals surface area contributed by atoms with Gasteiger partial charge < -0.3 is 25.6 Å². The molecule has 1 aliphatic rings. The Kier molecular flexibility index (Phi) is 6.73. The number of halogens is 4. The number of rotatable bonds is 4. The first-order valence-electron chi connectivity index (χ1n) is 6.83. The van der Waals surface area contributed by atoms with Crippen LogP contribution in [0.15, 0.2) is 18.2 Å². The molecule has 0 aliphatic carbocycles. The summed E-state index contributed by atoms with van der Waals surface area (Å²) in [6.07, 6.45) is -6.21. The van der Waals surface area contributed by atoms with E-state index in [1.165, 1.54) is 12.1 Å². The van der Waals surface area contributed by atoms with Gasteiger partial charge >= 0.3 is 18.2 Å². The zero-order valence-electron chi connectivity index (χ0n) is 12.9. The number of carboxylic acids is 1. The number of ether oxygens (including phenoxy) is 1. The number of hydrogen-bond donors (Lipinski definition) is 4. The van der Waals surface area contributed by atoms with E-state index in [9.17, 15) is 22.4 Å². The Bertz CT molecular complexity index is 714. The number of carbonyl (C=O) groups is 2. The van der Waals surface area contributed by atoms with Crippen molar-refractivity contribution >= 4 is 12.1 Å². The number of amides is 1. The molecule has 1 saturated heterocycles. The van der Waals surface area contributed by atoms with Crippen LogP contribution < -0.4 is 15.4 Å². The Morgan fingerprint density at radius 2 is 1.92 bits per heavy atom. The molecule has 8 nitrogen and oxygen atoms in total. The van der Waals surface area contributed by atoms with Gasteiger partial charge in [-0.1, -0.05) is 0 Å². The van der Waals surface area contributed by atoms with E-state index in [0.29, 0.717) is 13.1 Å². The summed E-state index contributed by atoms with van der Waals surface area (Å²) < 4.78 is 50.5. The molecule has 2 rings (SSSR count). The monoisotopic (exact) mass is 379 g/mol. The van der Waals surface area contributed by atoms with Crippen molar-refractivity contribution in [3.8, 4) is 11.8 Å². The Morgan fingerprint density at radius 1 is 1.35 bits per heavy atom. The average molecular weight is 379 g/mol. The largest absolute Gasteiger partial charge is 0.491 e. The van der Waals surface area contributed by atoms with Crippen molar-refractivity contribution in [1.82, 2.24) is 10.6 Å². The molecule has 26 heavy (non-hydrogen) atoms. The molecular formula is C14H13F4N3O5. The summed E-state index contributed by atoms with van der Waals surface area (Å²) in [5, 5.41) is 29.8. The van der Waals surface area contributed by atoms with Gasteiger partial charge in [0.1, 0.15) is 29.8 Å². The van der Waals surface area contributed by atoms with E-state index in [4.69, 9.17) is 25.0 Å². The highest BCUT2D eigenvalue weighted by Gasteiger charge is 2.39. The Balaban J connectivity index is 0.000000412. The van der Waals surface area contributed by atoms with Crippen molar-refractivity contribution in [3.63, 3.8) is 0 Å². The summed E-state index contributed by atoms with van der Waals surface area (Å²) in [6.45, 7) is 1.01. The predicted octanol–water partition coefficient (Wildman–Crippen LogP) is 1.32. The standard InChI is InChI=1S/C12H12FN3O3.C2HF3O2/c13-10-3-9(2-1-8(10)4-14)19-7-12(5-15-6-12)16-11(17)18;3-2(4,5)1(6)7/h1-3,15-16H,5-7H2,(H,17,18);(H,6,7). The van der Waals surface area contributed by atoms with Crippen molar-refractivity contribution < 1.29 is 42.1 Å². The first-order chi connectivity index (χ1) is 12.0. The molecular weight excluding hydrogens is 366 g/mol. The fourth-order valence-corrected chi connectivity index (χ4v) is 1.78. The molecule has 0 saturated carbocycles. The third kappa shape index (κ3) is 6.10. The lowest BCUT2D eigenvalue weighted by molar-refractivity contribution is -0.192. The second kappa shape index (κ2) is 8.34. The van der Waals surface area contributed by atoms with Crippen LogP contribution in [0, 0.1) is 17.1 Å². The van der Waals surface area contributed by atoms with E-state index in [0.717, 1.165) is 6.07 Å². The van der Waals surface area contributed by atoms with Crippen LogP contribution in [-0.2, 0) is 4.79 Å². The highest BCUT2D eigenvalue weighted by Crippen LogP contribution is 2.19. The Hall–Kier alpha value is -3.07. The van der Waals surface area contributed by atoms with Gasteiger partial charge in [-0.25, -0.2) is 14.0 Å². The fraction of sp³-hybridized carbons (Fsp3) is 0.357. The van der Waals surface area contributed by atoms with Crippen LogP contribution in [0.3, 0.4) is 0 Å². The highest BCUT2D eigenvalue weighted by molar-refractivity contribution is 5.73. The number of nitrogens with zero attached hydrogens (tertiary/aromatic N) is 1. The van der Waals surface area contributed by atoms with E-state index < -0.39 is 29.6 Å². The van der Waals surface area contributed by atoms with Gasteiger partial charge in [0.25, 0.3) is 0 Å². The van der Waals surface area contributed by atoms with Gasteiger partial charge in [-0.2, -0.15) is 18.4 Å². The van der Waals surface area contributed by atoms with Crippen molar-refractivity contribution in [2.24, 2.45) is 0 Å². The van der Waals surface area contributed by atoms with Gasteiger partial charge in [0.15, 0.2) is 0 Å². The van der Waals surface area contributed by atoms with E-state index in [1.807, 2.05) is 0 Å². The summed E-state index contributed by atoms with van der Waals surface area (Å²) in [7, 11) is 0. The molecule has 1 aromatic carbocycles. The Labute approximate surface area is 144 Å². The molecule has 1 aromatic rings. The minimum Gasteiger partial charge on any atom is -0.491 e. The molecule has 0 unspecified atom stereocenters. The van der Waals surface area contributed by atoms with Gasteiger partial charge in [0, 0.05) is 19.2 Å². The molecule has 1 heterocycles. The fourth-order valence-electron chi connectivity index (χ4n) is 1.78. The normalized spacial score (nSPS) is 14.7. The smallest absolute Gasteiger partial charge is 0.490 e. The maximum absolute atomic E-state index is 13.4. The van der Waals surface area contributed by atoms with Crippen molar-refractivity contribution in [2.75, 3.05) is 19.7 Å². The summed E-state index contributed by atoms with van der Waals surface area (Å²) in [6, 6.07) is 5.62. The number of nitriles is 1. The molecule has 1 aliphatic heterocycles. The van der Waals surface area contributed by atoms with Crippen LogP contribution in [0.2, 0.25) is 0 Å². The van der Waals surface area contributed by atoms with Gasteiger partial charge in [-0.15, -0.1) is 0 Å². The first-order valence-corrected chi connectivity index (χ1v) is 6.83. The third-order valence-electron chi connectivity index (χ3n) is 3.12. The number of nitrogens with one attached hydrogen (secondary N) is 2. The second-order valence-corrected chi connectivity index (χ2v) is 5.16. The number of aliphatic carboxylic acids is 1. The lowest BCUT2D eigenvalue weighted by atomic mass is 9.94. The summed E-state index contributed by atoms with van der Waals surface area (Å²) >= 11 is 0. The lowest BCUT2D eigenvalue weighted by Crippen LogP contribution is -2.71. The molecule has 0 radical (unpaired) electrons. The molecule has 1 fully saturated rings. The van der Waals surface area contributed by atoms with Gasteiger partial charge in [-0.3, -0.25) is 0 Å². The predicted molar refractivity (Wildman–Crippen MR) is 77.1 cm³/mol. The summed E-state index contributed by atoms with van der Waals surface area (Å²) in [5.74, 6) is -3.16. The van der Waals surface area contributed by atoms with Crippen LogP contribution in [0.1, 0.15) is 5.56 Å². The minimum absolute atomic E-state index is 0.0592. The van der Waals surface area contributed by atoms with Crippen molar-refractivity contribution in [2.45, 2.75) is 11.7 Å². The molecule has 12 heteroatoms. The molecule has 142 valence electrons.